The van der Waals surface area contributed by atoms with Gasteiger partial charge >= 0.3 is 0 Å². The van der Waals surface area contributed by atoms with E-state index in [1.165, 1.54) is 13.2 Å². The number of methoxy groups -OCH3 is 2. The van der Waals surface area contributed by atoms with E-state index < -0.39 is 9.05 Å². The van der Waals surface area contributed by atoms with Gasteiger partial charge in [0.1, 0.15) is 11.5 Å². The lowest BCUT2D eigenvalue weighted by Gasteiger charge is -2.13. The monoisotopic (exact) mass is 312 g/mol. The van der Waals surface area contributed by atoms with E-state index in [1.54, 1.807) is 43.5 Å². The van der Waals surface area contributed by atoms with E-state index in [0.29, 0.717) is 22.6 Å². The van der Waals surface area contributed by atoms with Crippen molar-refractivity contribution in [2.75, 3.05) is 14.2 Å². The van der Waals surface area contributed by atoms with Gasteiger partial charge < -0.3 is 9.47 Å². The van der Waals surface area contributed by atoms with Crippen molar-refractivity contribution in [1.82, 2.24) is 0 Å². The molecule has 2 aromatic carbocycles. The predicted molar refractivity (Wildman–Crippen MR) is 78.0 cm³/mol. The topological polar surface area (TPSA) is 52.6 Å². The van der Waals surface area contributed by atoms with Crippen molar-refractivity contribution in [2.45, 2.75) is 4.90 Å². The summed E-state index contributed by atoms with van der Waals surface area (Å²) in [5.41, 5.74) is 1.07. The van der Waals surface area contributed by atoms with Gasteiger partial charge in [-0.2, -0.15) is 0 Å². The Hall–Kier alpha value is -1.72. The molecule has 0 radical (unpaired) electrons. The van der Waals surface area contributed by atoms with Gasteiger partial charge in [0.2, 0.25) is 0 Å². The van der Waals surface area contributed by atoms with E-state index in [1.807, 2.05) is 0 Å². The summed E-state index contributed by atoms with van der Waals surface area (Å²) in [5, 5.41) is 0. The number of hydrogen-bond acceptors (Lipinski definition) is 4. The molecule has 0 saturated heterocycles. The Bertz CT molecular complexity index is 726. The van der Waals surface area contributed by atoms with Crippen LogP contribution in [-0.4, -0.2) is 22.6 Å². The zero-order valence-corrected chi connectivity index (χ0v) is 12.5. The molecule has 106 valence electrons. The van der Waals surface area contributed by atoms with E-state index in [-0.39, 0.29) is 4.90 Å². The van der Waals surface area contributed by atoms with Crippen molar-refractivity contribution in [3.05, 3.63) is 42.5 Å². The second-order valence-electron chi connectivity index (χ2n) is 4.00. The first-order valence-corrected chi connectivity index (χ1v) is 8.04. The summed E-state index contributed by atoms with van der Waals surface area (Å²) in [6.45, 7) is 0. The average molecular weight is 313 g/mol. The molecule has 6 heteroatoms. The van der Waals surface area contributed by atoms with Crippen LogP contribution in [-0.2, 0) is 9.05 Å². The molecular weight excluding hydrogens is 300 g/mol. The normalized spacial score (nSPS) is 11.2. The Balaban J connectivity index is 2.76. The van der Waals surface area contributed by atoms with Crippen LogP contribution in [0.4, 0.5) is 0 Å². The van der Waals surface area contributed by atoms with Crippen LogP contribution in [0, 0.1) is 0 Å². The van der Waals surface area contributed by atoms with E-state index >= 15 is 0 Å². The summed E-state index contributed by atoms with van der Waals surface area (Å²) >= 11 is 0. The van der Waals surface area contributed by atoms with E-state index in [0.717, 1.165) is 0 Å². The molecule has 0 atom stereocenters. The largest absolute Gasteiger partial charge is 0.497 e. The van der Waals surface area contributed by atoms with Gasteiger partial charge in [-0.05, 0) is 29.8 Å². The first-order chi connectivity index (χ1) is 9.47. The molecule has 4 nitrogen and oxygen atoms in total. The number of halogens is 1. The minimum absolute atomic E-state index is 0.00627. The molecule has 0 heterocycles. The molecule has 20 heavy (non-hydrogen) atoms. The SMILES string of the molecule is COc1cccc(-c2c(OC)cccc2S(=O)(=O)Cl)c1. The maximum atomic E-state index is 11.7. The van der Waals surface area contributed by atoms with Gasteiger partial charge in [0, 0.05) is 16.2 Å². The molecule has 0 fully saturated rings. The highest BCUT2D eigenvalue weighted by Crippen LogP contribution is 2.38. The van der Waals surface area contributed by atoms with Crippen molar-refractivity contribution < 1.29 is 17.9 Å². The Morgan fingerprint density at radius 2 is 1.70 bits per heavy atom. The van der Waals surface area contributed by atoms with Gasteiger partial charge in [-0.1, -0.05) is 18.2 Å². The molecule has 0 bridgehead atoms. The van der Waals surface area contributed by atoms with Crippen LogP contribution < -0.4 is 9.47 Å². The highest BCUT2D eigenvalue weighted by molar-refractivity contribution is 8.13. The quantitative estimate of drug-likeness (QED) is 0.813. The molecule has 0 unspecified atom stereocenters. The van der Waals surface area contributed by atoms with Crippen LogP contribution in [0.1, 0.15) is 0 Å². The van der Waals surface area contributed by atoms with Crippen molar-refractivity contribution >= 4 is 19.7 Å². The maximum Gasteiger partial charge on any atom is 0.262 e. The molecule has 0 amide bonds. The molecule has 2 aromatic rings. The van der Waals surface area contributed by atoms with E-state index in [2.05, 4.69) is 0 Å². The maximum absolute atomic E-state index is 11.7. The summed E-state index contributed by atoms with van der Waals surface area (Å²) in [5.74, 6) is 1.05. The van der Waals surface area contributed by atoms with Crippen LogP contribution >= 0.6 is 10.7 Å². The summed E-state index contributed by atoms with van der Waals surface area (Å²) in [6, 6.07) is 11.7. The first-order valence-electron chi connectivity index (χ1n) is 5.73. The lowest BCUT2D eigenvalue weighted by atomic mass is 10.0. The molecular formula is C14H13ClO4S. The fraction of sp³-hybridized carbons (Fsp3) is 0.143. The lowest BCUT2D eigenvalue weighted by molar-refractivity contribution is 0.413. The van der Waals surface area contributed by atoms with Crippen LogP contribution in [0.3, 0.4) is 0 Å². The van der Waals surface area contributed by atoms with Crippen LogP contribution in [0.5, 0.6) is 11.5 Å². The van der Waals surface area contributed by atoms with Crippen molar-refractivity contribution in [1.29, 1.82) is 0 Å². The van der Waals surface area contributed by atoms with Gasteiger partial charge in [-0.3, -0.25) is 0 Å². The third kappa shape index (κ3) is 2.89. The fourth-order valence-electron chi connectivity index (χ4n) is 1.95. The van der Waals surface area contributed by atoms with Gasteiger partial charge in [-0.25, -0.2) is 8.42 Å². The third-order valence-electron chi connectivity index (χ3n) is 2.83. The third-order valence-corrected chi connectivity index (χ3v) is 4.19. The highest BCUT2D eigenvalue weighted by Gasteiger charge is 2.20. The summed E-state index contributed by atoms with van der Waals surface area (Å²) in [6.07, 6.45) is 0. The van der Waals surface area contributed by atoms with Gasteiger partial charge in [0.15, 0.2) is 0 Å². The van der Waals surface area contributed by atoms with Crippen molar-refractivity contribution in [3.8, 4) is 22.6 Å². The fourth-order valence-corrected chi connectivity index (χ4v) is 3.04. The van der Waals surface area contributed by atoms with Gasteiger partial charge in [0.05, 0.1) is 19.1 Å². The molecule has 0 aliphatic carbocycles. The number of hydrogen-bond donors (Lipinski definition) is 0. The zero-order chi connectivity index (χ0) is 14.8. The number of ether oxygens (including phenoxy) is 2. The highest BCUT2D eigenvalue weighted by atomic mass is 35.7. The van der Waals surface area contributed by atoms with Crippen molar-refractivity contribution in [3.63, 3.8) is 0 Å². The molecule has 0 saturated carbocycles. The molecule has 0 N–H and O–H groups in total. The predicted octanol–water partition coefficient (Wildman–Crippen LogP) is 3.30. The lowest BCUT2D eigenvalue weighted by Crippen LogP contribution is -1.98. The number of benzene rings is 2. The Morgan fingerprint density at radius 3 is 2.30 bits per heavy atom. The second-order valence-corrected chi connectivity index (χ2v) is 6.54. The van der Waals surface area contributed by atoms with E-state index in [9.17, 15) is 8.42 Å². The standard InChI is InChI=1S/C14H13ClO4S/c1-18-11-6-3-5-10(9-11)14-12(19-2)7-4-8-13(14)20(15,16)17/h3-9H,1-2H3. The molecule has 0 aliphatic rings. The molecule has 0 spiro atoms. The molecule has 0 aliphatic heterocycles. The van der Waals surface area contributed by atoms with E-state index in [4.69, 9.17) is 20.2 Å². The van der Waals surface area contributed by atoms with Crippen LogP contribution in [0.25, 0.3) is 11.1 Å². The Kier molecular flexibility index (Phi) is 4.20. The minimum atomic E-state index is -3.88. The minimum Gasteiger partial charge on any atom is -0.497 e. The molecule has 2 rings (SSSR count). The van der Waals surface area contributed by atoms with Gasteiger partial charge in [-0.15, -0.1) is 0 Å². The smallest absolute Gasteiger partial charge is 0.262 e. The summed E-state index contributed by atoms with van der Waals surface area (Å²) in [4.78, 5) is 0.00627. The molecule has 0 aromatic heterocycles. The summed E-state index contributed by atoms with van der Waals surface area (Å²) < 4.78 is 33.9. The number of rotatable bonds is 4. The first kappa shape index (κ1) is 14.7. The average Bonchev–Trinajstić information content (AvgIpc) is 2.45. The van der Waals surface area contributed by atoms with Gasteiger partial charge in [0.25, 0.3) is 9.05 Å². The van der Waals surface area contributed by atoms with Crippen LogP contribution in [0.2, 0.25) is 0 Å². The van der Waals surface area contributed by atoms with Crippen LogP contribution in [0.15, 0.2) is 47.4 Å². The zero-order valence-electron chi connectivity index (χ0n) is 11.0. The Labute approximate surface area is 122 Å². The van der Waals surface area contributed by atoms with Crippen molar-refractivity contribution in [2.24, 2.45) is 0 Å². The second kappa shape index (κ2) is 5.73. The summed E-state index contributed by atoms with van der Waals surface area (Å²) in [7, 11) is 4.64. The Morgan fingerprint density at radius 1 is 1.00 bits per heavy atom.